The topological polar surface area (TPSA) is 136 Å². The molecule has 13 heteroatoms. The lowest BCUT2D eigenvalue weighted by molar-refractivity contribution is -0.149. The van der Waals surface area contributed by atoms with Gasteiger partial charge in [0.25, 0.3) is 0 Å². The van der Waals surface area contributed by atoms with Crippen molar-refractivity contribution in [2.45, 2.75) is 44.1 Å². The highest BCUT2D eigenvalue weighted by Crippen LogP contribution is 2.37. The summed E-state index contributed by atoms with van der Waals surface area (Å²) >= 11 is 0. The zero-order valence-electron chi connectivity index (χ0n) is 24.3. The molecule has 4 heterocycles. The standard InChI is InChI=1S/C30H37N7O6/c1-3-25-27(26(37(31-20-38)29(41)33-25)22-10-15-36-24(18-22)19-32-43-36)35(21-39)14-7-13-34-16-11-30(12-17-34,28(40)42-2)23-8-5-4-6-9-23/h4-6,8-10,15,18-21,26,32H,3,7,11-14,16-17H2,1-2H3,(H,31,38)(H,33,41). The number of ether oxygens (including phenoxy) is 1. The monoisotopic (exact) mass is 591 g/mol. The van der Waals surface area contributed by atoms with Gasteiger partial charge < -0.3 is 19.9 Å². The number of esters is 1. The van der Waals surface area contributed by atoms with Crippen LogP contribution < -0.4 is 16.2 Å². The third-order valence-electron chi connectivity index (χ3n) is 8.42. The number of rotatable bonds is 12. The van der Waals surface area contributed by atoms with Crippen molar-refractivity contribution < 1.29 is 28.9 Å². The van der Waals surface area contributed by atoms with Crippen LogP contribution in [0.1, 0.15) is 38.2 Å². The molecule has 0 spiro atoms. The zero-order chi connectivity index (χ0) is 30.4. The van der Waals surface area contributed by atoms with Gasteiger partial charge in [0.05, 0.1) is 30.1 Å². The number of methoxy groups -OCH3 is 1. The van der Waals surface area contributed by atoms with E-state index in [4.69, 9.17) is 9.68 Å². The number of carbonyl (C=O) groups excluding carboxylic acids is 4. The molecule has 1 aromatic carbocycles. The van der Waals surface area contributed by atoms with E-state index in [0.29, 0.717) is 80.9 Å². The maximum Gasteiger partial charge on any atom is 0.341 e. The Labute approximate surface area is 250 Å². The number of benzene rings is 1. The Hall–Kier alpha value is -4.62. The maximum absolute atomic E-state index is 13.0. The van der Waals surface area contributed by atoms with Crippen LogP contribution in [0.2, 0.25) is 0 Å². The fraction of sp³-hybridized carbons (Fsp3) is 0.400. The van der Waals surface area contributed by atoms with E-state index in [2.05, 4.69) is 21.1 Å². The Morgan fingerprint density at radius 1 is 1.23 bits per heavy atom. The first-order valence-corrected chi connectivity index (χ1v) is 14.4. The molecule has 13 nitrogen and oxygen atoms in total. The molecule has 0 aromatic heterocycles. The second kappa shape index (κ2) is 13.1. The number of hydrogen-bond donors (Lipinski definition) is 3. The summed E-state index contributed by atoms with van der Waals surface area (Å²) in [5, 5.41) is 5.55. The fourth-order valence-corrected chi connectivity index (χ4v) is 6.20. The normalized spacial score (nSPS) is 21.3. The average molecular weight is 592 g/mol. The Balaban J connectivity index is 1.31. The van der Waals surface area contributed by atoms with Crippen molar-refractivity contribution in [1.29, 1.82) is 0 Å². The van der Waals surface area contributed by atoms with E-state index in [9.17, 15) is 19.2 Å². The number of allylic oxidation sites excluding steroid dienone is 2. The lowest BCUT2D eigenvalue weighted by Gasteiger charge is -2.42. The van der Waals surface area contributed by atoms with Crippen molar-refractivity contribution in [3.8, 4) is 0 Å². The summed E-state index contributed by atoms with van der Waals surface area (Å²) in [7, 11) is 1.43. The summed E-state index contributed by atoms with van der Waals surface area (Å²) in [4.78, 5) is 59.2. The number of hydrogen-bond acceptors (Lipinski definition) is 9. The van der Waals surface area contributed by atoms with Crippen molar-refractivity contribution >= 4 is 24.8 Å². The molecular formula is C30H37N7O6. The minimum atomic E-state index is -0.763. The second-order valence-electron chi connectivity index (χ2n) is 10.7. The van der Waals surface area contributed by atoms with Crippen LogP contribution in [0.25, 0.3) is 0 Å². The quantitative estimate of drug-likeness (QED) is 0.245. The molecule has 4 aliphatic heterocycles. The predicted molar refractivity (Wildman–Crippen MR) is 155 cm³/mol. The average Bonchev–Trinajstić information content (AvgIpc) is 3.52. The Kier molecular flexibility index (Phi) is 9.12. The van der Waals surface area contributed by atoms with Crippen LogP contribution >= 0.6 is 0 Å². The molecule has 0 radical (unpaired) electrons. The van der Waals surface area contributed by atoms with Crippen LogP contribution in [0, 0.1) is 0 Å². The largest absolute Gasteiger partial charge is 0.468 e. The van der Waals surface area contributed by atoms with Gasteiger partial charge in [-0.1, -0.05) is 37.3 Å². The second-order valence-corrected chi connectivity index (χ2v) is 10.7. The van der Waals surface area contributed by atoms with Gasteiger partial charge in [-0.15, -0.1) is 0 Å². The number of fused-ring (bicyclic) bond motifs is 1. The number of hydrazine groups is 1. The van der Waals surface area contributed by atoms with E-state index in [1.165, 1.54) is 17.2 Å². The van der Waals surface area contributed by atoms with E-state index in [-0.39, 0.29) is 5.97 Å². The molecule has 4 aliphatic rings. The number of nitrogens with one attached hydrogen (secondary N) is 3. The Morgan fingerprint density at radius 2 is 2.00 bits per heavy atom. The third-order valence-corrected chi connectivity index (χ3v) is 8.42. The van der Waals surface area contributed by atoms with E-state index in [0.717, 1.165) is 12.0 Å². The summed E-state index contributed by atoms with van der Waals surface area (Å²) in [6.45, 7) is 4.42. The molecule has 1 atom stereocenters. The minimum Gasteiger partial charge on any atom is -0.468 e. The van der Waals surface area contributed by atoms with Crippen molar-refractivity contribution in [3.05, 3.63) is 83.1 Å². The number of likely N-dealkylation sites (tertiary alicyclic amines) is 1. The van der Waals surface area contributed by atoms with Crippen molar-refractivity contribution in [2.24, 2.45) is 0 Å². The van der Waals surface area contributed by atoms with Crippen LogP contribution in [0.15, 0.2) is 77.5 Å². The molecule has 3 N–H and O–H groups in total. The first kappa shape index (κ1) is 29.9. The molecular weight excluding hydrogens is 554 g/mol. The van der Waals surface area contributed by atoms with E-state index >= 15 is 0 Å². The van der Waals surface area contributed by atoms with Gasteiger partial charge in [0.2, 0.25) is 12.8 Å². The number of nitrogens with zero attached hydrogens (tertiary/aromatic N) is 4. The van der Waals surface area contributed by atoms with Crippen LogP contribution in [0.5, 0.6) is 0 Å². The number of carbonyl (C=O) groups is 4. The number of piperidine rings is 1. The number of urea groups is 1. The molecule has 43 heavy (non-hydrogen) atoms. The summed E-state index contributed by atoms with van der Waals surface area (Å²) in [5.41, 5.74) is 8.04. The van der Waals surface area contributed by atoms with Gasteiger partial charge in [-0.25, -0.2) is 20.3 Å². The number of hydroxylamine groups is 3. The van der Waals surface area contributed by atoms with Crippen LogP contribution in [0.4, 0.5) is 4.79 Å². The van der Waals surface area contributed by atoms with Gasteiger partial charge in [-0.3, -0.25) is 19.8 Å². The maximum atomic E-state index is 13.0. The molecule has 5 rings (SSSR count). The predicted octanol–water partition coefficient (Wildman–Crippen LogP) is 1.77. The first-order chi connectivity index (χ1) is 20.9. The highest BCUT2D eigenvalue weighted by Gasteiger charge is 2.44. The highest BCUT2D eigenvalue weighted by atomic mass is 16.8. The summed E-state index contributed by atoms with van der Waals surface area (Å²) in [6.07, 6.45) is 10.6. The molecule has 0 aliphatic carbocycles. The van der Waals surface area contributed by atoms with E-state index in [1.807, 2.05) is 43.3 Å². The van der Waals surface area contributed by atoms with Gasteiger partial charge in [0.1, 0.15) is 6.04 Å². The molecule has 4 amide bonds. The van der Waals surface area contributed by atoms with Crippen LogP contribution in [-0.4, -0.2) is 84.0 Å². The first-order valence-electron chi connectivity index (χ1n) is 14.4. The SMILES string of the molecule is CCC1=C(N(C=O)CCCN2CCC(C(=O)OC)(c3ccccc3)CC2)C(C2=CC3=CNON3C=C2)N(NC=O)C(=O)N1. The van der Waals surface area contributed by atoms with Crippen LogP contribution in [-0.2, 0) is 29.5 Å². The molecule has 0 saturated carbocycles. The Bertz CT molecular complexity index is 1350. The summed E-state index contributed by atoms with van der Waals surface area (Å²) in [5.74, 6) is -0.215. The lowest BCUT2D eigenvalue weighted by Crippen LogP contribution is -2.60. The highest BCUT2D eigenvalue weighted by molar-refractivity contribution is 5.83. The molecule has 1 aromatic rings. The number of amides is 4. The zero-order valence-corrected chi connectivity index (χ0v) is 24.3. The van der Waals surface area contributed by atoms with E-state index in [1.54, 1.807) is 23.4 Å². The van der Waals surface area contributed by atoms with Crippen molar-refractivity contribution in [2.75, 3.05) is 33.3 Å². The van der Waals surface area contributed by atoms with Gasteiger partial charge >= 0.3 is 12.0 Å². The molecule has 228 valence electrons. The fourth-order valence-electron chi connectivity index (χ4n) is 6.20. The Morgan fingerprint density at radius 3 is 2.67 bits per heavy atom. The van der Waals surface area contributed by atoms with Crippen molar-refractivity contribution in [3.63, 3.8) is 0 Å². The van der Waals surface area contributed by atoms with Gasteiger partial charge in [0, 0.05) is 18.4 Å². The smallest absolute Gasteiger partial charge is 0.341 e. The van der Waals surface area contributed by atoms with E-state index < -0.39 is 17.5 Å². The van der Waals surface area contributed by atoms with Crippen LogP contribution in [0.3, 0.4) is 0 Å². The lowest BCUT2D eigenvalue weighted by atomic mass is 9.72. The van der Waals surface area contributed by atoms with Gasteiger partial charge in [-0.2, -0.15) is 4.94 Å². The minimum absolute atomic E-state index is 0.215. The molecule has 1 saturated heterocycles. The summed E-state index contributed by atoms with van der Waals surface area (Å²) < 4.78 is 5.22. The summed E-state index contributed by atoms with van der Waals surface area (Å²) in [6, 6.07) is 8.52. The molecule has 1 fully saturated rings. The van der Waals surface area contributed by atoms with Gasteiger partial charge in [0.15, 0.2) is 0 Å². The molecule has 1 unspecified atom stereocenters. The van der Waals surface area contributed by atoms with Gasteiger partial charge in [-0.05, 0) is 68.6 Å². The third kappa shape index (κ3) is 5.86. The van der Waals surface area contributed by atoms with Crippen molar-refractivity contribution in [1.82, 2.24) is 36.1 Å². The molecule has 0 bridgehead atoms.